The second-order valence-electron chi connectivity index (χ2n) is 4.71. The van der Waals surface area contributed by atoms with Crippen LogP contribution in [-0.4, -0.2) is 35.4 Å². The van der Waals surface area contributed by atoms with Gasteiger partial charge in [0.25, 0.3) is 5.91 Å². The number of thioether (sulfide) groups is 1. The Labute approximate surface area is 132 Å². The molecule has 0 bridgehead atoms. The topological polar surface area (TPSA) is 20.3 Å². The SMILES string of the molecule is CSC1CCCN(C(=O)c2ccc(Br)c(Cl)c2)CC1. The molecule has 2 nitrogen and oxygen atoms in total. The Morgan fingerprint density at radius 3 is 2.89 bits per heavy atom. The number of carbonyl (C=O) groups is 1. The Balaban J connectivity index is 2.08. The van der Waals surface area contributed by atoms with Gasteiger partial charge in [0.2, 0.25) is 0 Å². The summed E-state index contributed by atoms with van der Waals surface area (Å²) in [4.78, 5) is 14.4. The van der Waals surface area contributed by atoms with Crippen molar-refractivity contribution in [2.45, 2.75) is 24.5 Å². The fourth-order valence-corrected chi connectivity index (χ4v) is 3.49. The third-order valence-electron chi connectivity index (χ3n) is 3.46. The average Bonchev–Trinajstić information content (AvgIpc) is 2.66. The molecule has 5 heteroatoms. The maximum Gasteiger partial charge on any atom is 0.253 e. The van der Waals surface area contributed by atoms with Gasteiger partial charge in [-0.2, -0.15) is 11.8 Å². The van der Waals surface area contributed by atoms with Gasteiger partial charge >= 0.3 is 0 Å². The van der Waals surface area contributed by atoms with E-state index in [0.29, 0.717) is 15.8 Å². The van der Waals surface area contributed by atoms with Crippen LogP contribution in [0.2, 0.25) is 5.02 Å². The third-order valence-corrected chi connectivity index (χ3v) is 5.83. The summed E-state index contributed by atoms with van der Waals surface area (Å²) in [6.45, 7) is 1.70. The average molecular weight is 363 g/mol. The molecular formula is C14H17BrClNOS. The number of carbonyl (C=O) groups excluding carboxylic acids is 1. The molecule has 1 heterocycles. The highest BCUT2D eigenvalue weighted by molar-refractivity contribution is 9.10. The Kier molecular flexibility index (Phi) is 5.60. The molecule has 1 aromatic carbocycles. The molecule has 2 rings (SSSR count). The van der Waals surface area contributed by atoms with E-state index in [0.717, 1.165) is 30.4 Å². The predicted octanol–water partition coefficient (Wildman–Crippen LogP) is 4.46. The quantitative estimate of drug-likeness (QED) is 0.774. The smallest absolute Gasteiger partial charge is 0.253 e. The molecule has 1 aliphatic heterocycles. The third kappa shape index (κ3) is 3.89. The predicted molar refractivity (Wildman–Crippen MR) is 86.2 cm³/mol. The van der Waals surface area contributed by atoms with Crippen molar-refractivity contribution in [2.24, 2.45) is 0 Å². The second-order valence-corrected chi connectivity index (χ2v) is 7.11. The van der Waals surface area contributed by atoms with Crippen LogP contribution in [0.1, 0.15) is 29.6 Å². The summed E-state index contributed by atoms with van der Waals surface area (Å²) in [5.41, 5.74) is 0.677. The van der Waals surface area contributed by atoms with E-state index in [2.05, 4.69) is 22.2 Å². The van der Waals surface area contributed by atoms with Crippen molar-refractivity contribution in [3.63, 3.8) is 0 Å². The Hall–Kier alpha value is -0.190. The summed E-state index contributed by atoms with van der Waals surface area (Å²) in [5, 5.41) is 1.27. The molecular weight excluding hydrogens is 346 g/mol. The minimum Gasteiger partial charge on any atom is -0.339 e. The van der Waals surface area contributed by atoms with Gasteiger partial charge in [-0.05, 0) is 59.6 Å². The van der Waals surface area contributed by atoms with E-state index in [-0.39, 0.29) is 5.91 Å². The monoisotopic (exact) mass is 361 g/mol. The second kappa shape index (κ2) is 7.00. The first-order valence-electron chi connectivity index (χ1n) is 6.39. The van der Waals surface area contributed by atoms with Gasteiger partial charge in [0, 0.05) is 28.4 Å². The van der Waals surface area contributed by atoms with E-state index in [9.17, 15) is 4.79 Å². The van der Waals surface area contributed by atoms with Crippen LogP contribution in [0.3, 0.4) is 0 Å². The molecule has 0 spiro atoms. The zero-order valence-corrected chi connectivity index (χ0v) is 14.0. The number of halogens is 2. The molecule has 1 saturated heterocycles. The summed E-state index contributed by atoms with van der Waals surface area (Å²) in [5.74, 6) is 0.0937. The van der Waals surface area contributed by atoms with E-state index in [1.54, 1.807) is 6.07 Å². The van der Waals surface area contributed by atoms with Crippen molar-refractivity contribution in [3.05, 3.63) is 33.3 Å². The Bertz CT molecular complexity index is 469. The van der Waals surface area contributed by atoms with Crippen LogP contribution >= 0.6 is 39.3 Å². The van der Waals surface area contributed by atoms with E-state index in [4.69, 9.17) is 11.6 Å². The number of rotatable bonds is 2. The molecule has 0 aliphatic carbocycles. The molecule has 1 atom stereocenters. The molecule has 104 valence electrons. The first kappa shape index (κ1) is 15.2. The van der Waals surface area contributed by atoms with Crippen molar-refractivity contribution in [2.75, 3.05) is 19.3 Å². The molecule has 1 aromatic rings. The van der Waals surface area contributed by atoms with Gasteiger partial charge in [-0.25, -0.2) is 0 Å². The fraction of sp³-hybridized carbons (Fsp3) is 0.500. The van der Waals surface area contributed by atoms with Crippen molar-refractivity contribution in [1.82, 2.24) is 4.90 Å². The highest BCUT2D eigenvalue weighted by Crippen LogP contribution is 2.25. The first-order valence-corrected chi connectivity index (χ1v) is 8.85. The standard InChI is InChI=1S/C14H17BrClNOS/c1-19-11-3-2-7-17(8-6-11)14(18)10-4-5-12(15)13(16)9-10/h4-5,9,11H,2-3,6-8H2,1H3. The maximum absolute atomic E-state index is 12.5. The van der Waals surface area contributed by atoms with E-state index in [1.165, 1.54) is 6.42 Å². The number of benzene rings is 1. The van der Waals surface area contributed by atoms with Gasteiger partial charge in [-0.1, -0.05) is 11.6 Å². The summed E-state index contributed by atoms with van der Waals surface area (Å²) in [7, 11) is 0. The number of amides is 1. The van der Waals surface area contributed by atoms with Crippen LogP contribution in [-0.2, 0) is 0 Å². The van der Waals surface area contributed by atoms with Gasteiger partial charge in [0.05, 0.1) is 5.02 Å². The highest BCUT2D eigenvalue weighted by Gasteiger charge is 2.21. The Morgan fingerprint density at radius 2 is 2.21 bits per heavy atom. The highest BCUT2D eigenvalue weighted by atomic mass is 79.9. The molecule has 1 fully saturated rings. The van der Waals surface area contributed by atoms with Gasteiger partial charge in [0.1, 0.15) is 0 Å². The first-order chi connectivity index (χ1) is 9.11. The molecule has 0 radical (unpaired) electrons. The lowest BCUT2D eigenvalue weighted by molar-refractivity contribution is 0.0762. The molecule has 0 aromatic heterocycles. The minimum absolute atomic E-state index is 0.0937. The molecule has 19 heavy (non-hydrogen) atoms. The van der Waals surface area contributed by atoms with Crippen LogP contribution in [0, 0.1) is 0 Å². The fourth-order valence-electron chi connectivity index (χ4n) is 2.32. The summed E-state index contributed by atoms with van der Waals surface area (Å²) >= 11 is 11.3. The number of hydrogen-bond acceptors (Lipinski definition) is 2. The summed E-state index contributed by atoms with van der Waals surface area (Å²) in [6, 6.07) is 5.40. The zero-order chi connectivity index (χ0) is 13.8. The molecule has 1 aliphatic rings. The maximum atomic E-state index is 12.5. The van der Waals surface area contributed by atoms with Crippen LogP contribution in [0.5, 0.6) is 0 Å². The van der Waals surface area contributed by atoms with Gasteiger partial charge < -0.3 is 4.90 Å². The van der Waals surface area contributed by atoms with E-state index >= 15 is 0 Å². The zero-order valence-electron chi connectivity index (χ0n) is 10.9. The number of nitrogens with zero attached hydrogens (tertiary/aromatic N) is 1. The molecule has 1 unspecified atom stereocenters. The van der Waals surface area contributed by atoms with Crippen molar-refractivity contribution < 1.29 is 4.79 Å². The lowest BCUT2D eigenvalue weighted by Gasteiger charge is -2.20. The van der Waals surface area contributed by atoms with Crippen LogP contribution in [0.15, 0.2) is 22.7 Å². The number of hydrogen-bond donors (Lipinski definition) is 0. The minimum atomic E-state index is 0.0937. The van der Waals surface area contributed by atoms with Gasteiger partial charge in [-0.3, -0.25) is 4.79 Å². The normalized spacial score (nSPS) is 20.2. The Morgan fingerprint density at radius 1 is 1.42 bits per heavy atom. The van der Waals surface area contributed by atoms with Crippen molar-refractivity contribution in [3.8, 4) is 0 Å². The van der Waals surface area contributed by atoms with Crippen molar-refractivity contribution >= 4 is 45.2 Å². The number of likely N-dealkylation sites (tertiary alicyclic amines) is 1. The van der Waals surface area contributed by atoms with Crippen LogP contribution < -0.4 is 0 Å². The van der Waals surface area contributed by atoms with Gasteiger partial charge in [-0.15, -0.1) is 0 Å². The molecule has 0 N–H and O–H groups in total. The van der Waals surface area contributed by atoms with Crippen LogP contribution in [0.4, 0.5) is 0 Å². The van der Waals surface area contributed by atoms with Gasteiger partial charge in [0.15, 0.2) is 0 Å². The van der Waals surface area contributed by atoms with E-state index < -0.39 is 0 Å². The summed E-state index contributed by atoms with van der Waals surface area (Å²) < 4.78 is 0.823. The summed E-state index contributed by atoms with van der Waals surface area (Å²) in [6.07, 6.45) is 5.52. The lowest BCUT2D eigenvalue weighted by Crippen LogP contribution is -2.32. The molecule has 1 amide bonds. The molecule has 0 saturated carbocycles. The lowest BCUT2D eigenvalue weighted by atomic mass is 10.2. The van der Waals surface area contributed by atoms with Crippen molar-refractivity contribution in [1.29, 1.82) is 0 Å². The van der Waals surface area contributed by atoms with E-state index in [1.807, 2.05) is 28.8 Å². The largest absolute Gasteiger partial charge is 0.339 e. The van der Waals surface area contributed by atoms with Crippen LogP contribution in [0.25, 0.3) is 0 Å².